The fraction of sp³-hybridized carbons (Fsp3) is 0.444. The number of carboxylic acids is 1. The van der Waals surface area contributed by atoms with Crippen LogP contribution in [0.5, 0.6) is 0 Å². The molecule has 1 heterocycles. The number of hydrogen-bond donors (Lipinski definition) is 2. The number of carboxylic acid groups (broad SMARTS) is 1. The second kappa shape index (κ2) is 7.07. The van der Waals surface area contributed by atoms with Crippen LogP contribution in [0.4, 0.5) is 4.79 Å². The van der Waals surface area contributed by atoms with Crippen LogP contribution in [0.2, 0.25) is 0 Å². The zero-order valence-electron chi connectivity index (χ0n) is 15.0. The van der Waals surface area contributed by atoms with Crippen molar-refractivity contribution in [1.29, 1.82) is 0 Å². The predicted molar refractivity (Wildman–Crippen MR) is 100 cm³/mol. The standard InChI is InChI=1S/C18H23BrN2O4/c1-10(9-20-17(24)25-18(3,4)5)21-14(16(22)23)8-12-6-7-13(19)11(2)15(12)21/h6-8,10H,9H2,1-5H3,(H,20,24)(H,22,23)/t10-/m1/s1. The Morgan fingerprint density at radius 2 is 2.00 bits per heavy atom. The molecule has 2 rings (SSSR count). The Morgan fingerprint density at radius 3 is 2.56 bits per heavy atom. The first-order valence-corrected chi connectivity index (χ1v) is 8.80. The van der Waals surface area contributed by atoms with Crippen molar-refractivity contribution in [2.75, 3.05) is 6.54 Å². The van der Waals surface area contributed by atoms with Crippen LogP contribution in [0.15, 0.2) is 22.7 Å². The van der Waals surface area contributed by atoms with Gasteiger partial charge in [-0.1, -0.05) is 22.0 Å². The average Bonchev–Trinajstić information content (AvgIpc) is 2.87. The number of hydrogen-bond acceptors (Lipinski definition) is 3. The van der Waals surface area contributed by atoms with E-state index in [0.717, 1.165) is 20.9 Å². The lowest BCUT2D eigenvalue weighted by Gasteiger charge is -2.22. The minimum atomic E-state index is -1.00. The lowest BCUT2D eigenvalue weighted by atomic mass is 10.1. The summed E-state index contributed by atoms with van der Waals surface area (Å²) >= 11 is 3.49. The summed E-state index contributed by atoms with van der Waals surface area (Å²) in [6, 6.07) is 5.17. The Bertz CT molecular complexity index is 821. The minimum Gasteiger partial charge on any atom is -0.477 e. The van der Waals surface area contributed by atoms with Crippen LogP contribution in [0.3, 0.4) is 0 Å². The Kier molecular flexibility index (Phi) is 5.46. The van der Waals surface area contributed by atoms with Gasteiger partial charge in [-0.2, -0.15) is 0 Å². The van der Waals surface area contributed by atoms with Crippen molar-refractivity contribution >= 4 is 38.9 Å². The van der Waals surface area contributed by atoms with Crippen LogP contribution in [0, 0.1) is 6.92 Å². The maximum absolute atomic E-state index is 11.9. The molecule has 0 unspecified atom stereocenters. The molecule has 25 heavy (non-hydrogen) atoms. The molecule has 0 radical (unpaired) electrons. The molecule has 1 aromatic heterocycles. The van der Waals surface area contributed by atoms with Crippen molar-refractivity contribution in [2.24, 2.45) is 0 Å². The molecule has 2 aromatic rings. The predicted octanol–water partition coefficient (Wildman–Crippen LogP) is 4.50. The van der Waals surface area contributed by atoms with Crippen molar-refractivity contribution < 1.29 is 19.4 Å². The van der Waals surface area contributed by atoms with Gasteiger partial charge in [0.25, 0.3) is 0 Å². The van der Waals surface area contributed by atoms with E-state index in [1.54, 1.807) is 31.4 Å². The van der Waals surface area contributed by atoms with Gasteiger partial charge < -0.3 is 19.7 Å². The van der Waals surface area contributed by atoms with Crippen LogP contribution in [0.1, 0.15) is 49.8 Å². The number of halogens is 1. The average molecular weight is 411 g/mol. The van der Waals surface area contributed by atoms with Crippen molar-refractivity contribution in [3.63, 3.8) is 0 Å². The quantitative estimate of drug-likeness (QED) is 0.777. The summed E-state index contributed by atoms with van der Waals surface area (Å²) in [7, 11) is 0. The normalized spacial score (nSPS) is 12.9. The van der Waals surface area contributed by atoms with Crippen LogP contribution in [0.25, 0.3) is 10.9 Å². The number of benzene rings is 1. The first-order valence-electron chi connectivity index (χ1n) is 8.01. The number of aryl methyl sites for hydroxylation is 1. The Morgan fingerprint density at radius 1 is 1.36 bits per heavy atom. The highest BCUT2D eigenvalue weighted by Crippen LogP contribution is 2.31. The van der Waals surface area contributed by atoms with E-state index in [2.05, 4.69) is 21.2 Å². The van der Waals surface area contributed by atoms with Crippen LogP contribution >= 0.6 is 15.9 Å². The zero-order chi connectivity index (χ0) is 18.9. The highest BCUT2D eigenvalue weighted by Gasteiger charge is 2.22. The Labute approximate surface area is 155 Å². The van der Waals surface area contributed by atoms with E-state index in [0.29, 0.717) is 0 Å². The van der Waals surface area contributed by atoms with Gasteiger partial charge in [0.2, 0.25) is 0 Å². The third kappa shape index (κ3) is 4.34. The molecule has 7 heteroatoms. The first-order chi connectivity index (χ1) is 11.5. The van der Waals surface area contributed by atoms with E-state index >= 15 is 0 Å². The number of nitrogens with one attached hydrogen (secondary N) is 1. The number of carbonyl (C=O) groups is 2. The van der Waals surface area contributed by atoms with Gasteiger partial charge in [0.1, 0.15) is 11.3 Å². The van der Waals surface area contributed by atoms with Gasteiger partial charge in [-0.25, -0.2) is 9.59 Å². The lowest BCUT2D eigenvalue weighted by molar-refractivity contribution is 0.0521. The van der Waals surface area contributed by atoms with E-state index in [-0.39, 0.29) is 18.3 Å². The highest BCUT2D eigenvalue weighted by molar-refractivity contribution is 9.10. The fourth-order valence-electron chi connectivity index (χ4n) is 2.73. The molecule has 0 aliphatic rings. The third-order valence-electron chi connectivity index (χ3n) is 3.79. The SMILES string of the molecule is Cc1c(Br)ccc2cc(C(=O)O)n([C@H](C)CNC(=O)OC(C)(C)C)c12. The summed E-state index contributed by atoms with van der Waals surface area (Å²) in [6.07, 6.45) is -0.523. The Hall–Kier alpha value is -2.02. The summed E-state index contributed by atoms with van der Waals surface area (Å²) in [4.78, 5) is 23.5. The summed E-state index contributed by atoms with van der Waals surface area (Å²) in [5.41, 5.74) is 1.40. The second-order valence-corrected chi connectivity index (χ2v) is 7.90. The van der Waals surface area contributed by atoms with Crippen molar-refractivity contribution in [3.05, 3.63) is 33.9 Å². The second-order valence-electron chi connectivity index (χ2n) is 7.05. The van der Waals surface area contributed by atoms with Gasteiger partial charge >= 0.3 is 12.1 Å². The first kappa shape index (κ1) is 19.3. The number of carbonyl (C=O) groups excluding carboxylic acids is 1. The molecule has 0 bridgehead atoms. The Balaban J connectivity index is 2.35. The molecule has 1 atom stereocenters. The van der Waals surface area contributed by atoms with E-state index in [1.165, 1.54) is 0 Å². The molecule has 0 saturated carbocycles. The number of ether oxygens (including phenoxy) is 1. The van der Waals surface area contributed by atoms with Gasteiger partial charge in [0.05, 0.1) is 5.52 Å². The van der Waals surface area contributed by atoms with E-state index < -0.39 is 17.7 Å². The number of amides is 1. The number of nitrogens with zero attached hydrogens (tertiary/aromatic N) is 1. The highest BCUT2D eigenvalue weighted by atomic mass is 79.9. The van der Waals surface area contributed by atoms with Crippen LogP contribution in [-0.2, 0) is 4.74 Å². The van der Waals surface area contributed by atoms with Crippen molar-refractivity contribution in [1.82, 2.24) is 9.88 Å². The molecule has 0 saturated heterocycles. The molecule has 2 N–H and O–H groups in total. The van der Waals surface area contributed by atoms with Crippen molar-refractivity contribution in [3.8, 4) is 0 Å². The van der Waals surface area contributed by atoms with E-state index in [9.17, 15) is 14.7 Å². The van der Waals surface area contributed by atoms with Gasteiger partial charge in [-0.05, 0) is 52.3 Å². The maximum atomic E-state index is 11.9. The summed E-state index contributed by atoms with van der Waals surface area (Å²) in [6.45, 7) is 9.42. The fourth-order valence-corrected chi connectivity index (χ4v) is 3.05. The smallest absolute Gasteiger partial charge is 0.407 e. The molecule has 0 aliphatic carbocycles. The van der Waals surface area contributed by atoms with Crippen LogP contribution in [-0.4, -0.2) is 33.9 Å². The molecule has 0 aliphatic heterocycles. The molecular formula is C18H23BrN2O4. The van der Waals surface area contributed by atoms with Crippen molar-refractivity contribution in [2.45, 2.75) is 46.3 Å². The van der Waals surface area contributed by atoms with Gasteiger partial charge in [0.15, 0.2) is 0 Å². The lowest BCUT2D eigenvalue weighted by Crippen LogP contribution is -2.35. The summed E-state index contributed by atoms with van der Waals surface area (Å²) < 4.78 is 7.88. The molecule has 136 valence electrons. The third-order valence-corrected chi connectivity index (χ3v) is 4.65. The summed E-state index contributed by atoms with van der Waals surface area (Å²) in [5.74, 6) is -1.00. The largest absolute Gasteiger partial charge is 0.477 e. The van der Waals surface area contributed by atoms with Gasteiger partial charge in [-0.3, -0.25) is 0 Å². The number of alkyl carbamates (subject to hydrolysis) is 1. The molecule has 0 fully saturated rings. The van der Waals surface area contributed by atoms with Gasteiger partial charge in [0, 0.05) is 22.4 Å². The summed E-state index contributed by atoms with van der Waals surface area (Å²) in [5, 5.41) is 13.1. The number of fused-ring (bicyclic) bond motifs is 1. The molecular weight excluding hydrogens is 388 g/mol. The molecule has 1 amide bonds. The maximum Gasteiger partial charge on any atom is 0.407 e. The monoisotopic (exact) mass is 410 g/mol. The number of rotatable bonds is 4. The topological polar surface area (TPSA) is 80.6 Å². The van der Waals surface area contributed by atoms with Crippen LogP contribution < -0.4 is 5.32 Å². The minimum absolute atomic E-state index is 0.190. The van der Waals surface area contributed by atoms with E-state index in [1.807, 2.05) is 26.0 Å². The van der Waals surface area contributed by atoms with Gasteiger partial charge in [-0.15, -0.1) is 0 Å². The molecule has 1 aromatic carbocycles. The number of aromatic nitrogens is 1. The molecule has 0 spiro atoms. The molecule has 6 nitrogen and oxygen atoms in total. The number of aromatic carboxylic acids is 1. The van der Waals surface area contributed by atoms with E-state index in [4.69, 9.17) is 4.74 Å². The zero-order valence-corrected chi connectivity index (χ0v) is 16.6.